The second-order valence-electron chi connectivity index (χ2n) is 3.76. The zero-order chi connectivity index (χ0) is 10.3. The second-order valence-corrected chi connectivity index (χ2v) is 12.6. The van der Waals surface area contributed by atoms with Gasteiger partial charge < -0.3 is 0 Å². The van der Waals surface area contributed by atoms with E-state index in [1.807, 2.05) is 30.3 Å². The fourth-order valence-corrected chi connectivity index (χ4v) is 6.43. The molecule has 0 aromatic heterocycles. The van der Waals surface area contributed by atoms with Gasteiger partial charge in [0.15, 0.2) is 0 Å². The first kappa shape index (κ1) is 10.5. The summed E-state index contributed by atoms with van der Waals surface area (Å²) in [4.78, 5) is 0. The van der Waals surface area contributed by atoms with Gasteiger partial charge in [0.25, 0.3) is 0 Å². The molecule has 1 aromatic rings. The fourth-order valence-electron chi connectivity index (χ4n) is 1.91. The van der Waals surface area contributed by atoms with E-state index in [1.165, 1.54) is 5.31 Å². The maximum atomic E-state index is 6.73. The van der Waals surface area contributed by atoms with E-state index in [9.17, 15) is 0 Å². The van der Waals surface area contributed by atoms with E-state index in [0.717, 1.165) is 17.9 Å². The Morgan fingerprint density at radius 1 is 1.14 bits per heavy atom. The van der Waals surface area contributed by atoms with Crippen molar-refractivity contribution in [1.29, 1.82) is 0 Å². The third kappa shape index (κ3) is 1.41. The van der Waals surface area contributed by atoms with Crippen molar-refractivity contribution in [2.75, 3.05) is 6.16 Å². The van der Waals surface area contributed by atoms with Crippen LogP contribution >= 0.6 is 27.8 Å². The second kappa shape index (κ2) is 3.23. The molecule has 0 atom stereocenters. The van der Waals surface area contributed by atoms with Gasteiger partial charge in [-0.15, -0.1) is 0 Å². The number of hydrogen-bond acceptors (Lipinski definition) is 0. The number of halogens is 2. The number of hydrogen-bond donors (Lipinski definition) is 0. The van der Waals surface area contributed by atoms with Crippen molar-refractivity contribution in [3.05, 3.63) is 41.7 Å². The molecule has 0 aliphatic carbocycles. The van der Waals surface area contributed by atoms with Gasteiger partial charge in [-0.2, -0.15) is 0 Å². The van der Waals surface area contributed by atoms with E-state index in [4.69, 9.17) is 22.5 Å². The minimum atomic E-state index is -2.74. The van der Waals surface area contributed by atoms with Gasteiger partial charge in [0.1, 0.15) is 0 Å². The molecule has 1 heterocycles. The van der Waals surface area contributed by atoms with Gasteiger partial charge in [0.05, 0.1) is 0 Å². The Morgan fingerprint density at radius 2 is 1.79 bits per heavy atom. The van der Waals surface area contributed by atoms with E-state index >= 15 is 0 Å². The third-order valence-electron chi connectivity index (χ3n) is 2.92. The Balaban J connectivity index is 2.57. The maximum absolute atomic E-state index is 6.73. The molecular weight excluding hydrogens is 234 g/mol. The molecule has 0 unspecified atom stereocenters. The molecule has 1 aliphatic heterocycles. The van der Waals surface area contributed by atoms with Crippen LogP contribution in [0.4, 0.5) is 0 Å². The summed E-state index contributed by atoms with van der Waals surface area (Å²) in [7, 11) is 0. The van der Waals surface area contributed by atoms with Crippen LogP contribution in [-0.2, 0) is 0 Å². The van der Waals surface area contributed by atoms with Gasteiger partial charge in [-0.25, -0.2) is 0 Å². The van der Waals surface area contributed by atoms with Gasteiger partial charge in [-0.3, -0.25) is 0 Å². The van der Waals surface area contributed by atoms with Gasteiger partial charge in [-0.05, 0) is 0 Å². The molecule has 0 saturated carbocycles. The minimum absolute atomic E-state index is 0.893. The number of rotatable bonds is 1. The molecule has 0 bridgehead atoms. The Kier molecular flexibility index (Phi) is 2.42. The zero-order valence-electron chi connectivity index (χ0n) is 8.08. The van der Waals surface area contributed by atoms with Crippen LogP contribution in [0.3, 0.4) is 0 Å². The normalized spacial score (nSPS) is 26.2. The molecular formula is C11H13Cl2P. The van der Waals surface area contributed by atoms with E-state index in [-0.39, 0.29) is 0 Å². The van der Waals surface area contributed by atoms with E-state index in [2.05, 4.69) is 13.0 Å². The Morgan fingerprint density at radius 3 is 2.29 bits per heavy atom. The predicted molar refractivity (Wildman–Crippen MR) is 67.9 cm³/mol. The fraction of sp³-hybridized carbons (Fsp3) is 0.273. The first-order valence-electron chi connectivity index (χ1n) is 4.71. The molecule has 0 saturated heterocycles. The molecule has 76 valence electrons. The summed E-state index contributed by atoms with van der Waals surface area (Å²) >= 11 is 13.5. The molecule has 0 nitrogen and oxygen atoms in total. The molecule has 0 N–H and O–H groups in total. The molecule has 0 fully saturated rings. The monoisotopic (exact) mass is 246 g/mol. The molecule has 2 rings (SSSR count). The summed E-state index contributed by atoms with van der Waals surface area (Å²) in [6, 6.07) is 10.1. The Bertz CT molecular complexity index is 382. The van der Waals surface area contributed by atoms with Gasteiger partial charge >= 0.3 is 94.3 Å². The van der Waals surface area contributed by atoms with Crippen LogP contribution in [0.25, 0.3) is 0 Å². The standard InChI is InChI=1S/C11H13Cl2P/c1-10-6-5-9-14(10,12,13)11-7-3-2-4-8-11/h2-4,6-8H,5,9H2,1H3. The van der Waals surface area contributed by atoms with Gasteiger partial charge in [0, 0.05) is 0 Å². The molecule has 3 heteroatoms. The van der Waals surface area contributed by atoms with E-state index in [1.54, 1.807) is 0 Å². The SMILES string of the molecule is CC1=CCCP1(Cl)(Cl)c1ccccc1. The molecule has 14 heavy (non-hydrogen) atoms. The molecule has 0 spiro atoms. The first-order valence-corrected chi connectivity index (χ1v) is 8.94. The molecule has 1 aliphatic rings. The van der Waals surface area contributed by atoms with Crippen LogP contribution in [0, 0.1) is 0 Å². The average molecular weight is 247 g/mol. The predicted octanol–water partition coefficient (Wildman–Crippen LogP) is 4.48. The van der Waals surface area contributed by atoms with Crippen LogP contribution < -0.4 is 5.30 Å². The van der Waals surface area contributed by atoms with E-state index < -0.39 is 5.31 Å². The van der Waals surface area contributed by atoms with Crippen LogP contribution in [-0.4, -0.2) is 6.16 Å². The summed E-state index contributed by atoms with van der Waals surface area (Å²) < 4.78 is 0. The van der Waals surface area contributed by atoms with Crippen LogP contribution in [0.1, 0.15) is 13.3 Å². The Hall–Kier alpha value is -0.0300. The van der Waals surface area contributed by atoms with Crippen molar-refractivity contribution < 1.29 is 0 Å². The number of benzene rings is 1. The van der Waals surface area contributed by atoms with Crippen molar-refractivity contribution in [2.24, 2.45) is 0 Å². The quantitative estimate of drug-likeness (QED) is 0.642. The summed E-state index contributed by atoms with van der Waals surface area (Å²) in [6.45, 7) is 2.05. The van der Waals surface area contributed by atoms with Crippen molar-refractivity contribution in [3.63, 3.8) is 0 Å². The summed E-state index contributed by atoms with van der Waals surface area (Å²) in [5, 5.41) is -0.459. The van der Waals surface area contributed by atoms with E-state index in [0.29, 0.717) is 0 Å². The topological polar surface area (TPSA) is 0 Å². The van der Waals surface area contributed by atoms with Crippen molar-refractivity contribution in [1.82, 2.24) is 0 Å². The Labute approximate surface area is 94.4 Å². The van der Waals surface area contributed by atoms with Crippen LogP contribution in [0.2, 0.25) is 0 Å². The molecule has 1 aromatic carbocycles. The summed E-state index contributed by atoms with van der Waals surface area (Å²) in [6.07, 6.45) is 4.07. The van der Waals surface area contributed by atoms with Gasteiger partial charge in [-0.1, -0.05) is 0 Å². The first-order chi connectivity index (χ1) is 6.53. The van der Waals surface area contributed by atoms with Crippen LogP contribution in [0.5, 0.6) is 0 Å². The zero-order valence-corrected chi connectivity index (χ0v) is 10.5. The summed E-state index contributed by atoms with van der Waals surface area (Å²) in [5.41, 5.74) is 0. The van der Waals surface area contributed by atoms with Crippen LogP contribution in [0.15, 0.2) is 41.7 Å². The number of allylic oxidation sites excluding steroid dienone is 2. The summed E-state index contributed by atoms with van der Waals surface area (Å²) in [5.74, 6) is 0. The average Bonchev–Trinajstić information content (AvgIpc) is 2.46. The van der Waals surface area contributed by atoms with Crippen molar-refractivity contribution in [2.45, 2.75) is 13.3 Å². The third-order valence-corrected chi connectivity index (χ3v) is 10.6. The molecule has 0 radical (unpaired) electrons. The van der Waals surface area contributed by atoms with Gasteiger partial charge in [0.2, 0.25) is 0 Å². The van der Waals surface area contributed by atoms with Crippen molar-refractivity contribution in [3.8, 4) is 0 Å². The molecule has 0 amide bonds. The van der Waals surface area contributed by atoms with Crippen molar-refractivity contribution >= 4 is 33.1 Å².